The summed E-state index contributed by atoms with van der Waals surface area (Å²) in [6, 6.07) is 12.5. The lowest BCUT2D eigenvalue weighted by molar-refractivity contribution is -0.131. The highest BCUT2D eigenvalue weighted by Gasteiger charge is 2.53. The molecular weight excluding hydrogens is 424 g/mol. The highest BCUT2D eigenvalue weighted by atomic mass is 16.5. The fraction of sp³-hybridized carbons (Fsp3) is 0.375. The number of methoxy groups -OCH3 is 1. The first kappa shape index (κ1) is 21.3. The average molecular weight is 450 g/mol. The van der Waals surface area contributed by atoms with Gasteiger partial charge in [0, 0.05) is 37.9 Å². The summed E-state index contributed by atoms with van der Waals surface area (Å²) in [5, 5.41) is 2.86. The number of hydrogen-bond donors (Lipinski definition) is 1. The van der Waals surface area contributed by atoms with Crippen LogP contribution in [0.1, 0.15) is 21.5 Å². The van der Waals surface area contributed by atoms with Crippen LogP contribution < -0.4 is 15.0 Å². The molecule has 2 aromatic carbocycles. The SMILES string of the molecule is COc1ccc2c(c1)C(=O)N(C[C@@]1(c3ccc(N4CCOCC4)cc3)NC(=O)N(C)C1=O)C2. The Morgan fingerprint density at radius 2 is 1.79 bits per heavy atom. The van der Waals surface area contributed by atoms with Gasteiger partial charge in [-0.15, -0.1) is 0 Å². The van der Waals surface area contributed by atoms with E-state index in [0.717, 1.165) is 29.2 Å². The van der Waals surface area contributed by atoms with E-state index in [2.05, 4.69) is 10.2 Å². The van der Waals surface area contributed by atoms with Gasteiger partial charge in [-0.05, 0) is 35.4 Å². The summed E-state index contributed by atoms with van der Waals surface area (Å²) < 4.78 is 10.7. The number of benzene rings is 2. The third kappa shape index (κ3) is 3.48. The molecule has 4 amide bonds. The topological polar surface area (TPSA) is 91.4 Å². The maximum Gasteiger partial charge on any atom is 0.325 e. The van der Waals surface area contributed by atoms with Gasteiger partial charge in [0.25, 0.3) is 11.8 Å². The second-order valence-electron chi connectivity index (χ2n) is 8.53. The Balaban J connectivity index is 1.46. The molecule has 1 N–H and O–H groups in total. The lowest BCUT2D eigenvalue weighted by atomic mass is 9.88. The molecule has 9 nitrogen and oxygen atoms in total. The van der Waals surface area contributed by atoms with Crippen molar-refractivity contribution < 1.29 is 23.9 Å². The Bertz CT molecular complexity index is 1110. The van der Waals surface area contributed by atoms with Crippen molar-refractivity contribution in [2.24, 2.45) is 0 Å². The molecule has 33 heavy (non-hydrogen) atoms. The largest absolute Gasteiger partial charge is 0.497 e. The van der Waals surface area contributed by atoms with Crippen LogP contribution in [0.2, 0.25) is 0 Å². The summed E-state index contributed by atoms with van der Waals surface area (Å²) >= 11 is 0. The summed E-state index contributed by atoms with van der Waals surface area (Å²) in [5.41, 5.74) is 1.74. The van der Waals surface area contributed by atoms with Gasteiger partial charge in [0.1, 0.15) is 5.75 Å². The highest BCUT2D eigenvalue weighted by molar-refractivity contribution is 6.08. The molecule has 5 rings (SSSR count). The lowest BCUT2D eigenvalue weighted by Gasteiger charge is -2.33. The number of hydrogen-bond acceptors (Lipinski definition) is 6. The van der Waals surface area contributed by atoms with E-state index in [1.165, 1.54) is 7.05 Å². The molecule has 2 aromatic rings. The minimum Gasteiger partial charge on any atom is -0.497 e. The second kappa shape index (κ2) is 8.08. The number of amides is 4. The number of rotatable bonds is 5. The van der Waals surface area contributed by atoms with E-state index in [1.54, 1.807) is 18.1 Å². The average Bonchev–Trinajstić information content (AvgIpc) is 3.28. The number of carbonyl (C=O) groups is 3. The van der Waals surface area contributed by atoms with Crippen LogP contribution in [0.15, 0.2) is 42.5 Å². The van der Waals surface area contributed by atoms with Crippen molar-refractivity contribution in [1.29, 1.82) is 0 Å². The van der Waals surface area contributed by atoms with Gasteiger partial charge in [-0.3, -0.25) is 14.5 Å². The number of carbonyl (C=O) groups excluding carboxylic acids is 3. The van der Waals surface area contributed by atoms with Gasteiger partial charge in [0.05, 0.1) is 26.9 Å². The predicted octanol–water partition coefficient (Wildman–Crippen LogP) is 1.56. The van der Waals surface area contributed by atoms with E-state index in [4.69, 9.17) is 9.47 Å². The van der Waals surface area contributed by atoms with Crippen LogP contribution in [0.5, 0.6) is 5.75 Å². The van der Waals surface area contributed by atoms with Crippen molar-refractivity contribution in [3.8, 4) is 5.75 Å². The summed E-state index contributed by atoms with van der Waals surface area (Å²) in [4.78, 5) is 43.9. The molecule has 0 aliphatic carbocycles. The molecule has 2 fully saturated rings. The molecule has 172 valence electrons. The fourth-order valence-electron chi connectivity index (χ4n) is 4.75. The van der Waals surface area contributed by atoms with Gasteiger partial charge in [-0.25, -0.2) is 4.79 Å². The number of anilines is 1. The van der Waals surface area contributed by atoms with Gasteiger partial charge in [-0.1, -0.05) is 18.2 Å². The Morgan fingerprint density at radius 3 is 2.42 bits per heavy atom. The van der Waals surface area contributed by atoms with Crippen molar-refractivity contribution in [2.75, 3.05) is 51.9 Å². The molecule has 3 aliphatic heterocycles. The number of ether oxygens (including phenoxy) is 2. The number of imide groups is 1. The fourth-order valence-corrected chi connectivity index (χ4v) is 4.75. The standard InChI is InChI=1S/C24H26N4O5/c1-26-22(30)24(25-23(26)31,17-4-6-18(7-5-17)27-9-11-33-12-10-27)15-28-14-16-3-8-19(32-2)13-20(16)21(28)29/h3-8,13H,9-12,14-15H2,1-2H3,(H,25,31)/t24-/m0/s1. The van der Waals surface area contributed by atoms with Crippen LogP contribution >= 0.6 is 0 Å². The maximum absolute atomic E-state index is 13.4. The molecule has 2 saturated heterocycles. The van der Waals surface area contributed by atoms with Gasteiger partial charge in [0.15, 0.2) is 5.54 Å². The second-order valence-corrected chi connectivity index (χ2v) is 8.53. The quantitative estimate of drug-likeness (QED) is 0.696. The van der Waals surface area contributed by atoms with E-state index in [1.807, 2.05) is 36.4 Å². The van der Waals surface area contributed by atoms with Crippen molar-refractivity contribution in [1.82, 2.24) is 15.1 Å². The molecular formula is C24H26N4O5. The van der Waals surface area contributed by atoms with Crippen molar-refractivity contribution in [2.45, 2.75) is 12.1 Å². The van der Waals surface area contributed by atoms with Crippen LogP contribution in [0.4, 0.5) is 10.5 Å². The first-order valence-electron chi connectivity index (χ1n) is 10.9. The molecule has 9 heteroatoms. The molecule has 0 radical (unpaired) electrons. The molecule has 0 spiro atoms. The molecule has 0 saturated carbocycles. The molecule has 0 aromatic heterocycles. The first-order valence-corrected chi connectivity index (χ1v) is 10.9. The van der Waals surface area contributed by atoms with Crippen molar-refractivity contribution >= 4 is 23.5 Å². The van der Waals surface area contributed by atoms with Crippen LogP contribution in [0.25, 0.3) is 0 Å². The van der Waals surface area contributed by atoms with Crippen LogP contribution in [0.3, 0.4) is 0 Å². The Labute approximate surface area is 191 Å². The number of morpholine rings is 1. The maximum atomic E-state index is 13.4. The summed E-state index contributed by atoms with van der Waals surface area (Å²) in [5.74, 6) is 0.0279. The Hall–Kier alpha value is -3.59. The molecule has 3 aliphatic rings. The first-order chi connectivity index (χ1) is 15.9. The van der Waals surface area contributed by atoms with E-state index in [-0.39, 0.29) is 18.4 Å². The molecule has 0 bridgehead atoms. The lowest BCUT2D eigenvalue weighted by Crippen LogP contribution is -2.52. The van der Waals surface area contributed by atoms with Crippen LogP contribution in [0, 0.1) is 0 Å². The van der Waals surface area contributed by atoms with Gasteiger partial charge < -0.3 is 24.6 Å². The van der Waals surface area contributed by atoms with Gasteiger partial charge in [-0.2, -0.15) is 0 Å². The smallest absolute Gasteiger partial charge is 0.325 e. The van der Waals surface area contributed by atoms with E-state index < -0.39 is 11.6 Å². The minimum atomic E-state index is -1.35. The zero-order chi connectivity index (χ0) is 23.2. The number of likely N-dealkylation sites (N-methyl/N-ethyl adjacent to an activating group) is 1. The number of fused-ring (bicyclic) bond motifs is 1. The van der Waals surface area contributed by atoms with Crippen LogP contribution in [-0.2, 0) is 21.6 Å². The Morgan fingerprint density at radius 1 is 1.06 bits per heavy atom. The third-order valence-electron chi connectivity index (χ3n) is 6.65. The Kier molecular flexibility index (Phi) is 5.20. The molecule has 3 heterocycles. The summed E-state index contributed by atoms with van der Waals surface area (Å²) in [7, 11) is 3.00. The van der Waals surface area contributed by atoms with E-state index in [9.17, 15) is 14.4 Å². The highest BCUT2D eigenvalue weighted by Crippen LogP contribution is 2.35. The van der Waals surface area contributed by atoms with Crippen molar-refractivity contribution in [3.63, 3.8) is 0 Å². The van der Waals surface area contributed by atoms with Crippen molar-refractivity contribution in [3.05, 3.63) is 59.2 Å². The zero-order valence-electron chi connectivity index (χ0n) is 18.7. The molecule has 1 atom stereocenters. The van der Waals surface area contributed by atoms with Gasteiger partial charge >= 0.3 is 6.03 Å². The van der Waals surface area contributed by atoms with Crippen LogP contribution in [-0.4, -0.2) is 74.7 Å². The van der Waals surface area contributed by atoms with E-state index in [0.29, 0.717) is 36.6 Å². The zero-order valence-corrected chi connectivity index (χ0v) is 18.7. The summed E-state index contributed by atoms with van der Waals surface area (Å²) in [6.45, 7) is 3.34. The predicted molar refractivity (Wildman–Crippen MR) is 120 cm³/mol. The molecule has 0 unspecified atom stereocenters. The monoisotopic (exact) mass is 450 g/mol. The number of nitrogens with zero attached hydrogens (tertiary/aromatic N) is 3. The summed E-state index contributed by atoms with van der Waals surface area (Å²) in [6.07, 6.45) is 0. The third-order valence-corrected chi connectivity index (χ3v) is 6.65. The van der Waals surface area contributed by atoms with Gasteiger partial charge in [0.2, 0.25) is 0 Å². The number of nitrogens with one attached hydrogen (secondary N) is 1. The number of urea groups is 1. The van der Waals surface area contributed by atoms with E-state index >= 15 is 0 Å². The normalized spacial score (nSPS) is 22.6. The minimum absolute atomic E-state index is 0.0364.